The molecule has 2 N–H and O–H groups in total. The van der Waals surface area contributed by atoms with Gasteiger partial charge in [0.1, 0.15) is 0 Å². The van der Waals surface area contributed by atoms with Gasteiger partial charge in [-0.25, -0.2) is 9.59 Å². The van der Waals surface area contributed by atoms with Crippen LogP contribution in [0.25, 0.3) is 0 Å². The minimum atomic E-state index is -2.73. The molecule has 0 saturated heterocycles. The molecule has 0 aliphatic heterocycles. The third-order valence-electron chi connectivity index (χ3n) is 2.08. The van der Waals surface area contributed by atoms with Crippen LogP contribution in [0.4, 0.5) is 0 Å². The van der Waals surface area contributed by atoms with E-state index >= 15 is 0 Å². The van der Waals surface area contributed by atoms with Gasteiger partial charge < -0.3 is 19.7 Å². The second-order valence-corrected chi connectivity index (χ2v) is 3.54. The summed E-state index contributed by atoms with van der Waals surface area (Å²) in [4.78, 5) is 22.1. The van der Waals surface area contributed by atoms with Gasteiger partial charge in [-0.2, -0.15) is 0 Å². The second kappa shape index (κ2) is 7.62. The van der Waals surface area contributed by atoms with Crippen molar-refractivity contribution in [3.63, 3.8) is 0 Å². The molecule has 0 aliphatic carbocycles. The molecule has 0 rings (SSSR count). The van der Waals surface area contributed by atoms with Gasteiger partial charge in [0, 0.05) is 12.2 Å². The van der Waals surface area contributed by atoms with Crippen molar-refractivity contribution in [1.82, 2.24) is 0 Å². The smallest absolute Gasteiger partial charge is 0.393 e. The highest BCUT2D eigenvalue weighted by Gasteiger charge is 2.43. The number of esters is 2. The maximum absolute atomic E-state index is 11.0. The largest absolute Gasteiger partial charge is 0.401 e. The second-order valence-electron chi connectivity index (χ2n) is 3.54. The number of hydrogen-bond acceptors (Lipinski definition) is 6. The van der Waals surface area contributed by atoms with E-state index in [-0.39, 0.29) is 6.42 Å². The molecule has 0 aliphatic rings. The Morgan fingerprint density at radius 1 is 1.28 bits per heavy atom. The van der Waals surface area contributed by atoms with Crippen LogP contribution in [0.1, 0.15) is 26.2 Å². The maximum Gasteiger partial charge on any atom is 0.401 e. The number of unbranched alkanes of at least 4 members (excludes halogenated alkanes) is 1. The lowest BCUT2D eigenvalue weighted by atomic mass is 10.1. The van der Waals surface area contributed by atoms with Crippen molar-refractivity contribution < 1.29 is 29.3 Å². The van der Waals surface area contributed by atoms with E-state index in [1.165, 1.54) is 0 Å². The van der Waals surface area contributed by atoms with E-state index in [0.29, 0.717) is 6.42 Å². The molecule has 0 fully saturated rings. The van der Waals surface area contributed by atoms with E-state index in [1.807, 2.05) is 6.92 Å². The van der Waals surface area contributed by atoms with Crippen LogP contribution in [0.15, 0.2) is 25.3 Å². The summed E-state index contributed by atoms with van der Waals surface area (Å²) in [5, 5.41) is 19.6. The van der Waals surface area contributed by atoms with Crippen molar-refractivity contribution >= 4 is 11.9 Å². The molecule has 0 aromatic rings. The normalized spacial score (nSPS) is 12.4. The Bertz CT molecular complexity index is 301. The van der Waals surface area contributed by atoms with E-state index in [9.17, 15) is 19.8 Å². The summed E-state index contributed by atoms with van der Waals surface area (Å²) in [6.07, 6.45) is 1.41. The molecule has 0 bridgehead atoms. The molecule has 1 unspecified atom stereocenters. The zero-order valence-corrected chi connectivity index (χ0v) is 10.3. The summed E-state index contributed by atoms with van der Waals surface area (Å²) in [5.74, 6) is -4.78. The average Bonchev–Trinajstić information content (AvgIpc) is 2.35. The molecule has 0 heterocycles. The Labute approximate surface area is 106 Å². The molecule has 0 amide bonds. The fraction of sp³-hybridized carbons (Fsp3) is 0.500. The SMILES string of the molecule is C=CC(=O)OC(O)(OC(=O)C=C)C(O)CCCC. The van der Waals surface area contributed by atoms with E-state index < -0.39 is 24.0 Å². The van der Waals surface area contributed by atoms with Crippen LogP contribution in [-0.2, 0) is 19.1 Å². The van der Waals surface area contributed by atoms with Gasteiger partial charge in [0.15, 0.2) is 6.10 Å². The van der Waals surface area contributed by atoms with Crippen molar-refractivity contribution in [3.8, 4) is 0 Å². The first-order valence-corrected chi connectivity index (χ1v) is 5.50. The van der Waals surface area contributed by atoms with Crippen LogP contribution in [0.5, 0.6) is 0 Å². The van der Waals surface area contributed by atoms with Gasteiger partial charge in [-0.1, -0.05) is 32.9 Å². The predicted molar refractivity (Wildman–Crippen MR) is 63.1 cm³/mol. The molecule has 6 nitrogen and oxygen atoms in total. The van der Waals surface area contributed by atoms with Gasteiger partial charge in [-0.15, -0.1) is 0 Å². The average molecular weight is 258 g/mol. The fourth-order valence-electron chi connectivity index (χ4n) is 1.11. The molecule has 18 heavy (non-hydrogen) atoms. The first-order chi connectivity index (χ1) is 8.39. The number of ether oxygens (including phenoxy) is 2. The van der Waals surface area contributed by atoms with Crippen molar-refractivity contribution in [2.24, 2.45) is 0 Å². The Balaban J connectivity index is 4.87. The maximum atomic E-state index is 11.0. The van der Waals surface area contributed by atoms with E-state index in [1.54, 1.807) is 0 Å². The van der Waals surface area contributed by atoms with Crippen LogP contribution < -0.4 is 0 Å². The first-order valence-electron chi connectivity index (χ1n) is 5.50. The lowest BCUT2D eigenvalue weighted by Crippen LogP contribution is -2.49. The molecule has 0 aromatic heterocycles. The first kappa shape index (κ1) is 16.3. The van der Waals surface area contributed by atoms with Crippen molar-refractivity contribution in [2.45, 2.75) is 38.3 Å². The summed E-state index contributed by atoms with van der Waals surface area (Å²) >= 11 is 0. The highest BCUT2D eigenvalue weighted by atomic mass is 16.8. The monoisotopic (exact) mass is 258 g/mol. The Kier molecular flexibility index (Phi) is 6.92. The quantitative estimate of drug-likeness (QED) is 0.377. The third-order valence-corrected chi connectivity index (χ3v) is 2.08. The molecule has 1 atom stereocenters. The van der Waals surface area contributed by atoms with Gasteiger partial charge >= 0.3 is 17.9 Å². The van der Waals surface area contributed by atoms with E-state index in [2.05, 4.69) is 22.6 Å². The summed E-state index contributed by atoms with van der Waals surface area (Å²) in [7, 11) is 0. The zero-order chi connectivity index (χ0) is 14.2. The van der Waals surface area contributed by atoms with Crippen LogP contribution in [0, 0.1) is 0 Å². The Morgan fingerprint density at radius 2 is 1.72 bits per heavy atom. The van der Waals surface area contributed by atoms with Gasteiger partial charge in [0.05, 0.1) is 0 Å². The highest BCUT2D eigenvalue weighted by molar-refractivity contribution is 5.83. The molecule has 0 spiro atoms. The van der Waals surface area contributed by atoms with Crippen molar-refractivity contribution in [2.75, 3.05) is 0 Å². The summed E-state index contributed by atoms with van der Waals surface area (Å²) in [6.45, 7) is 8.15. The molecule has 6 heteroatoms. The lowest BCUT2D eigenvalue weighted by Gasteiger charge is -2.30. The van der Waals surface area contributed by atoms with E-state index in [0.717, 1.165) is 18.6 Å². The van der Waals surface area contributed by atoms with Crippen molar-refractivity contribution in [1.29, 1.82) is 0 Å². The lowest BCUT2D eigenvalue weighted by molar-refractivity contribution is -0.358. The number of carbonyl (C=O) groups is 2. The standard InChI is InChI=1S/C12H18O6/c1-4-7-8-9(13)12(16,17-10(14)5-2)18-11(15)6-3/h5-6,9,13,16H,2-4,7-8H2,1H3. The van der Waals surface area contributed by atoms with Crippen molar-refractivity contribution in [3.05, 3.63) is 25.3 Å². The van der Waals surface area contributed by atoms with Crippen LogP contribution >= 0.6 is 0 Å². The number of aliphatic hydroxyl groups is 2. The van der Waals surface area contributed by atoms with Crippen LogP contribution in [0.3, 0.4) is 0 Å². The molecule has 0 radical (unpaired) electrons. The number of rotatable bonds is 8. The van der Waals surface area contributed by atoms with Gasteiger partial charge in [-0.3, -0.25) is 0 Å². The van der Waals surface area contributed by atoms with Crippen LogP contribution in [0.2, 0.25) is 0 Å². The molecule has 102 valence electrons. The molecular formula is C12H18O6. The summed E-state index contributed by atoms with van der Waals surface area (Å²) in [6, 6.07) is 0. The number of aliphatic hydroxyl groups excluding tert-OH is 1. The van der Waals surface area contributed by atoms with E-state index in [4.69, 9.17) is 0 Å². The number of hydrogen-bond donors (Lipinski definition) is 2. The minimum Gasteiger partial charge on any atom is -0.393 e. The summed E-state index contributed by atoms with van der Waals surface area (Å²) in [5.41, 5.74) is 0. The topological polar surface area (TPSA) is 93.1 Å². The minimum absolute atomic E-state index is 0.0991. The zero-order valence-electron chi connectivity index (χ0n) is 10.3. The Hall–Kier alpha value is -1.66. The molecular weight excluding hydrogens is 240 g/mol. The third kappa shape index (κ3) is 5.11. The summed E-state index contributed by atoms with van der Waals surface area (Å²) < 4.78 is 8.95. The van der Waals surface area contributed by atoms with Gasteiger partial charge in [0.2, 0.25) is 0 Å². The number of carbonyl (C=O) groups excluding carboxylic acids is 2. The Morgan fingerprint density at radius 3 is 2.06 bits per heavy atom. The van der Waals surface area contributed by atoms with Gasteiger partial charge in [-0.05, 0) is 6.42 Å². The fourth-order valence-corrected chi connectivity index (χ4v) is 1.11. The van der Waals surface area contributed by atoms with Crippen LogP contribution in [-0.4, -0.2) is 34.2 Å². The highest BCUT2D eigenvalue weighted by Crippen LogP contribution is 2.20. The molecule has 0 aromatic carbocycles. The van der Waals surface area contributed by atoms with Gasteiger partial charge in [0.25, 0.3) is 0 Å². The molecule has 0 saturated carbocycles. The predicted octanol–water partition coefficient (Wildman–Crippen LogP) is 0.642.